The van der Waals surface area contributed by atoms with E-state index in [1.54, 1.807) is 0 Å². The van der Waals surface area contributed by atoms with Crippen LogP contribution < -0.4 is 4.90 Å². The van der Waals surface area contributed by atoms with Crippen molar-refractivity contribution in [2.45, 2.75) is 12.3 Å². The Labute approximate surface area is 381 Å². The van der Waals surface area contributed by atoms with Gasteiger partial charge in [-0.25, -0.2) is 0 Å². The van der Waals surface area contributed by atoms with Gasteiger partial charge in [-0.15, -0.1) is 0 Å². The summed E-state index contributed by atoms with van der Waals surface area (Å²) in [4.78, 5) is 2.37. The standard InChI is InChI=1S/C64H45N/c1-64(55-16-3-2-4-17-55)61-20-10-9-18-60(61)63-59(19-11-21-62(63)64)50-34-40-58(41-35-50)65(57-38-32-49(33-39-57)54-29-27-45-13-6-8-15-52(45)43-54)56-36-30-47(31-37-56)46-22-24-48(25-23-46)53-28-26-44-12-5-7-14-51(44)42-53/h2-43H,1H3. The minimum atomic E-state index is -0.246. The molecule has 1 atom stereocenters. The molecule has 12 rings (SSSR count). The third kappa shape index (κ3) is 6.72. The Hall–Kier alpha value is -8.26. The van der Waals surface area contributed by atoms with Gasteiger partial charge in [-0.05, 0) is 149 Å². The molecule has 0 spiro atoms. The van der Waals surface area contributed by atoms with Crippen molar-refractivity contribution < 1.29 is 0 Å². The summed E-state index contributed by atoms with van der Waals surface area (Å²) < 4.78 is 0. The van der Waals surface area contributed by atoms with Gasteiger partial charge in [0, 0.05) is 22.5 Å². The predicted octanol–water partition coefficient (Wildman–Crippen LogP) is 17.5. The Morgan fingerprint density at radius 2 is 0.662 bits per heavy atom. The first-order chi connectivity index (χ1) is 32.1. The molecule has 0 saturated heterocycles. The zero-order valence-corrected chi connectivity index (χ0v) is 36.2. The van der Waals surface area contributed by atoms with Gasteiger partial charge in [-0.2, -0.15) is 0 Å². The third-order valence-corrected chi connectivity index (χ3v) is 13.8. The van der Waals surface area contributed by atoms with E-state index in [-0.39, 0.29) is 5.41 Å². The van der Waals surface area contributed by atoms with Crippen molar-refractivity contribution in [3.8, 4) is 55.6 Å². The van der Waals surface area contributed by atoms with Crippen LogP contribution in [0.3, 0.4) is 0 Å². The third-order valence-electron chi connectivity index (χ3n) is 13.8. The number of fused-ring (bicyclic) bond motifs is 5. The van der Waals surface area contributed by atoms with Gasteiger partial charge in [-0.1, -0.05) is 206 Å². The second kappa shape index (κ2) is 15.8. The fraction of sp³-hybridized carbons (Fsp3) is 0.0312. The maximum Gasteiger partial charge on any atom is 0.0462 e. The number of hydrogen-bond donors (Lipinski definition) is 0. The van der Waals surface area contributed by atoms with Crippen LogP contribution in [0.4, 0.5) is 17.1 Å². The van der Waals surface area contributed by atoms with Gasteiger partial charge in [0.25, 0.3) is 0 Å². The number of hydrogen-bond acceptors (Lipinski definition) is 1. The van der Waals surface area contributed by atoms with E-state index in [1.807, 2.05) is 0 Å². The van der Waals surface area contributed by atoms with E-state index in [0.717, 1.165) is 17.1 Å². The Kier molecular flexibility index (Phi) is 9.35. The molecule has 1 nitrogen and oxygen atoms in total. The van der Waals surface area contributed by atoms with Gasteiger partial charge in [0.1, 0.15) is 0 Å². The van der Waals surface area contributed by atoms with Crippen LogP contribution in [0.1, 0.15) is 23.6 Å². The molecule has 0 fully saturated rings. The lowest BCUT2D eigenvalue weighted by Gasteiger charge is -2.28. The van der Waals surface area contributed by atoms with Crippen LogP contribution in [0, 0.1) is 0 Å². The van der Waals surface area contributed by atoms with Crippen LogP contribution in [-0.4, -0.2) is 0 Å². The average molecular weight is 828 g/mol. The highest BCUT2D eigenvalue weighted by Crippen LogP contribution is 2.55. The van der Waals surface area contributed by atoms with E-state index in [4.69, 9.17) is 0 Å². The van der Waals surface area contributed by atoms with Gasteiger partial charge >= 0.3 is 0 Å². The smallest absolute Gasteiger partial charge is 0.0462 e. The number of nitrogens with zero attached hydrogens (tertiary/aromatic N) is 1. The summed E-state index contributed by atoms with van der Waals surface area (Å²) in [5, 5.41) is 5.02. The molecule has 1 unspecified atom stereocenters. The van der Waals surface area contributed by atoms with Gasteiger partial charge in [0.15, 0.2) is 0 Å². The molecule has 0 bridgehead atoms. The van der Waals surface area contributed by atoms with Crippen molar-refractivity contribution in [3.05, 3.63) is 271 Å². The number of anilines is 3. The molecule has 0 amide bonds. The van der Waals surface area contributed by atoms with Crippen LogP contribution in [0.5, 0.6) is 0 Å². The van der Waals surface area contributed by atoms with Crippen LogP contribution in [0.2, 0.25) is 0 Å². The van der Waals surface area contributed by atoms with Crippen molar-refractivity contribution >= 4 is 38.6 Å². The van der Waals surface area contributed by atoms with Gasteiger partial charge in [-0.3, -0.25) is 0 Å². The summed E-state index contributed by atoms with van der Waals surface area (Å²) in [5.41, 5.74) is 19.4. The summed E-state index contributed by atoms with van der Waals surface area (Å²) in [7, 11) is 0. The molecule has 0 radical (unpaired) electrons. The summed E-state index contributed by atoms with van der Waals surface area (Å²) >= 11 is 0. The van der Waals surface area contributed by atoms with Crippen LogP contribution in [-0.2, 0) is 5.41 Å². The molecule has 1 heteroatoms. The van der Waals surface area contributed by atoms with Crippen molar-refractivity contribution in [3.63, 3.8) is 0 Å². The highest BCUT2D eigenvalue weighted by molar-refractivity contribution is 5.95. The Balaban J connectivity index is 0.904. The molecule has 306 valence electrons. The SMILES string of the molecule is CC1(c2ccccc2)c2ccccc2-c2c(-c3ccc(N(c4ccc(-c5ccc(-c6ccc7ccccc7c6)cc5)cc4)c4ccc(-c5ccc6ccccc6c5)cc4)cc3)cccc21. The van der Waals surface area contributed by atoms with Crippen molar-refractivity contribution in [2.24, 2.45) is 0 Å². The molecule has 65 heavy (non-hydrogen) atoms. The number of rotatable bonds is 8. The normalized spacial score (nSPS) is 14.0. The molecule has 11 aromatic carbocycles. The molecular weight excluding hydrogens is 783 g/mol. The largest absolute Gasteiger partial charge is 0.311 e. The Morgan fingerprint density at radius 3 is 1.20 bits per heavy atom. The Morgan fingerprint density at radius 1 is 0.277 bits per heavy atom. The van der Waals surface area contributed by atoms with Crippen LogP contribution >= 0.6 is 0 Å². The van der Waals surface area contributed by atoms with E-state index in [2.05, 4.69) is 267 Å². The molecule has 0 aromatic heterocycles. The molecule has 11 aromatic rings. The zero-order valence-electron chi connectivity index (χ0n) is 36.2. The van der Waals surface area contributed by atoms with E-state index < -0.39 is 0 Å². The summed E-state index contributed by atoms with van der Waals surface area (Å²) in [6, 6.07) is 93.4. The minimum Gasteiger partial charge on any atom is -0.311 e. The quantitative estimate of drug-likeness (QED) is 0.147. The second-order valence-corrected chi connectivity index (χ2v) is 17.4. The maximum atomic E-state index is 2.38. The number of benzene rings is 11. The van der Waals surface area contributed by atoms with Crippen molar-refractivity contribution in [1.29, 1.82) is 0 Å². The monoisotopic (exact) mass is 827 g/mol. The minimum absolute atomic E-state index is 0.246. The van der Waals surface area contributed by atoms with E-state index in [9.17, 15) is 0 Å². The fourth-order valence-corrected chi connectivity index (χ4v) is 10.3. The fourth-order valence-electron chi connectivity index (χ4n) is 10.3. The summed E-state index contributed by atoms with van der Waals surface area (Å²) in [6.07, 6.45) is 0. The van der Waals surface area contributed by atoms with Gasteiger partial charge in [0.2, 0.25) is 0 Å². The molecule has 1 aliphatic rings. The van der Waals surface area contributed by atoms with E-state index >= 15 is 0 Å². The van der Waals surface area contributed by atoms with Crippen LogP contribution in [0.15, 0.2) is 255 Å². The molecular formula is C64H45N. The average Bonchev–Trinajstić information content (AvgIpc) is 3.65. The molecule has 0 saturated carbocycles. The lowest BCUT2D eigenvalue weighted by molar-refractivity contribution is 0.714. The first-order valence-electron chi connectivity index (χ1n) is 22.6. The Bertz CT molecular complexity index is 3510. The highest BCUT2D eigenvalue weighted by Gasteiger charge is 2.41. The van der Waals surface area contributed by atoms with Crippen LogP contribution in [0.25, 0.3) is 77.2 Å². The lowest BCUT2D eigenvalue weighted by Crippen LogP contribution is -2.22. The summed E-state index contributed by atoms with van der Waals surface area (Å²) in [5.74, 6) is 0. The topological polar surface area (TPSA) is 3.24 Å². The van der Waals surface area contributed by atoms with Gasteiger partial charge in [0.05, 0.1) is 0 Å². The molecule has 0 N–H and O–H groups in total. The van der Waals surface area contributed by atoms with E-state index in [1.165, 1.54) is 93.9 Å². The first-order valence-corrected chi connectivity index (χ1v) is 22.6. The maximum absolute atomic E-state index is 2.38. The zero-order chi connectivity index (χ0) is 43.3. The van der Waals surface area contributed by atoms with Crippen molar-refractivity contribution in [2.75, 3.05) is 4.90 Å². The van der Waals surface area contributed by atoms with E-state index in [0.29, 0.717) is 0 Å². The highest BCUT2D eigenvalue weighted by atomic mass is 15.1. The predicted molar refractivity (Wildman–Crippen MR) is 275 cm³/mol. The second-order valence-electron chi connectivity index (χ2n) is 17.4. The molecule has 0 heterocycles. The molecule has 1 aliphatic carbocycles. The molecule has 0 aliphatic heterocycles. The van der Waals surface area contributed by atoms with Crippen molar-refractivity contribution in [1.82, 2.24) is 0 Å². The van der Waals surface area contributed by atoms with Gasteiger partial charge < -0.3 is 4.90 Å². The first kappa shape index (κ1) is 38.4. The summed E-state index contributed by atoms with van der Waals surface area (Å²) in [6.45, 7) is 2.38. The lowest BCUT2D eigenvalue weighted by atomic mass is 9.74.